The fourth-order valence-corrected chi connectivity index (χ4v) is 2.74. The number of benzene rings is 3. The molecule has 0 saturated carbocycles. The predicted octanol–water partition coefficient (Wildman–Crippen LogP) is 5.84. The molecule has 0 heterocycles. The van der Waals surface area contributed by atoms with Gasteiger partial charge < -0.3 is 0 Å². The molecule has 3 aromatic carbocycles. The van der Waals surface area contributed by atoms with Crippen molar-refractivity contribution < 1.29 is 4.39 Å². The van der Waals surface area contributed by atoms with Crippen LogP contribution < -0.4 is 0 Å². The summed E-state index contributed by atoms with van der Waals surface area (Å²) in [7, 11) is 0. The Morgan fingerprint density at radius 3 is 1.90 bits per heavy atom. The van der Waals surface area contributed by atoms with Crippen LogP contribution in [0.15, 0.2) is 66.7 Å². The van der Waals surface area contributed by atoms with Crippen molar-refractivity contribution in [3.05, 3.63) is 106 Å². The van der Waals surface area contributed by atoms with Gasteiger partial charge in [-0.25, -0.2) is 4.39 Å². The van der Waals surface area contributed by atoms with Gasteiger partial charge >= 0.3 is 0 Å². The van der Waals surface area contributed by atoms with Gasteiger partial charge in [-0.3, -0.25) is 0 Å². The highest BCUT2D eigenvalue weighted by Gasteiger charge is 2.00. The molecule has 0 spiro atoms. The predicted molar refractivity (Wildman–Crippen MR) is 115 cm³/mol. The Morgan fingerprint density at radius 1 is 0.724 bits per heavy atom. The molecule has 3 aromatic rings. The van der Waals surface area contributed by atoms with E-state index in [0.29, 0.717) is 16.7 Å². The first-order valence-corrected chi connectivity index (χ1v) is 9.60. The van der Waals surface area contributed by atoms with Crippen LogP contribution in [0, 0.1) is 40.8 Å². The molecular weight excluding hydrogens is 357 g/mol. The Hall–Kier alpha value is -3.80. The van der Waals surface area contributed by atoms with Crippen molar-refractivity contribution in [3.8, 4) is 29.8 Å². The molecule has 0 aliphatic carbocycles. The van der Waals surface area contributed by atoms with Crippen LogP contribution in [0.2, 0.25) is 0 Å². The Bertz CT molecular complexity index is 1140. The molecule has 0 aliphatic rings. The van der Waals surface area contributed by atoms with Gasteiger partial charge in [0.15, 0.2) is 0 Å². The van der Waals surface area contributed by atoms with Crippen LogP contribution in [0.3, 0.4) is 0 Å². The first-order valence-electron chi connectivity index (χ1n) is 9.60. The first kappa shape index (κ1) is 19.9. The molecule has 3 rings (SSSR count). The number of hydrogen-bond donors (Lipinski definition) is 0. The molecule has 2 heteroatoms. The summed E-state index contributed by atoms with van der Waals surface area (Å²) >= 11 is 0. The lowest BCUT2D eigenvalue weighted by Gasteiger charge is -1.99. The number of nitriles is 1. The summed E-state index contributed by atoms with van der Waals surface area (Å²) in [4.78, 5) is 0. The Kier molecular flexibility index (Phi) is 6.84. The second-order valence-corrected chi connectivity index (χ2v) is 6.68. The van der Waals surface area contributed by atoms with Crippen LogP contribution in [0.1, 0.15) is 53.1 Å². The number of nitrogens with zero attached hydrogens (tertiary/aromatic N) is 1. The zero-order chi connectivity index (χ0) is 20.5. The Balaban J connectivity index is 1.71. The summed E-state index contributed by atoms with van der Waals surface area (Å²) in [6.07, 6.45) is 3.43. The quantitative estimate of drug-likeness (QED) is 0.526. The van der Waals surface area contributed by atoms with Gasteiger partial charge in [0, 0.05) is 16.7 Å². The molecule has 29 heavy (non-hydrogen) atoms. The average Bonchev–Trinajstić information content (AvgIpc) is 2.76. The molecular formula is C27H20FN. The monoisotopic (exact) mass is 377 g/mol. The number of hydrogen-bond acceptors (Lipinski definition) is 1. The zero-order valence-corrected chi connectivity index (χ0v) is 16.3. The summed E-state index contributed by atoms with van der Waals surface area (Å²) in [5.41, 5.74) is 4.46. The molecule has 0 bridgehead atoms. The second-order valence-electron chi connectivity index (χ2n) is 6.68. The molecule has 0 amide bonds. The van der Waals surface area contributed by atoms with Gasteiger partial charge in [0.1, 0.15) is 5.82 Å². The largest absolute Gasteiger partial charge is 0.206 e. The van der Waals surface area contributed by atoms with Crippen LogP contribution in [0.25, 0.3) is 0 Å². The highest BCUT2D eigenvalue weighted by Crippen LogP contribution is 2.11. The molecule has 140 valence electrons. The maximum absolute atomic E-state index is 14.4. The molecule has 0 saturated heterocycles. The van der Waals surface area contributed by atoms with Crippen molar-refractivity contribution in [3.63, 3.8) is 0 Å². The average molecular weight is 377 g/mol. The van der Waals surface area contributed by atoms with E-state index in [-0.39, 0.29) is 5.82 Å². The molecule has 1 nitrogen and oxygen atoms in total. The van der Waals surface area contributed by atoms with Gasteiger partial charge in [-0.15, -0.1) is 0 Å². The summed E-state index contributed by atoms with van der Waals surface area (Å²) in [6.45, 7) is 2.18. The van der Waals surface area contributed by atoms with Crippen LogP contribution in [-0.2, 0) is 6.42 Å². The highest BCUT2D eigenvalue weighted by molar-refractivity contribution is 5.49. The SMILES string of the molecule is CCCCc1ccc(C#Cc2ccc(C#Cc3ccc(C#N)cc3)cc2F)cc1. The van der Waals surface area contributed by atoms with Crippen molar-refractivity contribution in [2.24, 2.45) is 0 Å². The van der Waals surface area contributed by atoms with E-state index in [9.17, 15) is 4.39 Å². The summed E-state index contributed by atoms with van der Waals surface area (Å²) in [5.74, 6) is 11.5. The molecule has 0 aliphatic heterocycles. The van der Waals surface area contributed by atoms with Crippen molar-refractivity contribution in [2.45, 2.75) is 26.2 Å². The topological polar surface area (TPSA) is 23.8 Å². The van der Waals surface area contributed by atoms with E-state index in [0.717, 1.165) is 17.5 Å². The molecule has 0 fully saturated rings. The van der Waals surface area contributed by atoms with Crippen molar-refractivity contribution in [1.82, 2.24) is 0 Å². The van der Waals surface area contributed by atoms with E-state index in [1.165, 1.54) is 24.5 Å². The number of aryl methyl sites for hydroxylation is 1. The lowest BCUT2D eigenvalue weighted by molar-refractivity contribution is 0.624. The second kappa shape index (κ2) is 9.94. The van der Waals surface area contributed by atoms with Gasteiger partial charge in [-0.1, -0.05) is 49.2 Å². The summed E-state index contributed by atoms with van der Waals surface area (Å²) in [6, 6.07) is 22.0. The normalized spacial score (nSPS) is 9.55. The van der Waals surface area contributed by atoms with Gasteiger partial charge in [-0.05, 0) is 73.0 Å². The van der Waals surface area contributed by atoms with Crippen LogP contribution in [0.4, 0.5) is 4.39 Å². The molecule has 0 atom stereocenters. The highest BCUT2D eigenvalue weighted by atomic mass is 19.1. The van der Waals surface area contributed by atoms with Gasteiger partial charge in [0.2, 0.25) is 0 Å². The molecule has 0 N–H and O–H groups in total. The first-order chi connectivity index (χ1) is 14.2. The van der Waals surface area contributed by atoms with Gasteiger partial charge in [0.05, 0.1) is 17.2 Å². The number of halogens is 1. The van der Waals surface area contributed by atoms with Crippen LogP contribution in [-0.4, -0.2) is 0 Å². The third-order valence-corrected chi connectivity index (χ3v) is 4.45. The van der Waals surface area contributed by atoms with Gasteiger partial charge in [-0.2, -0.15) is 5.26 Å². The minimum Gasteiger partial charge on any atom is -0.206 e. The third kappa shape index (κ3) is 5.84. The lowest BCUT2D eigenvalue weighted by atomic mass is 10.1. The Labute approximate surface area is 171 Å². The number of unbranched alkanes of at least 4 members (excludes halogenated alkanes) is 1. The lowest BCUT2D eigenvalue weighted by Crippen LogP contribution is -1.87. The molecule has 0 aromatic heterocycles. The maximum Gasteiger partial charge on any atom is 0.140 e. The third-order valence-electron chi connectivity index (χ3n) is 4.45. The van der Waals surface area contributed by atoms with E-state index in [4.69, 9.17) is 5.26 Å². The van der Waals surface area contributed by atoms with Crippen molar-refractivity contribution >= 4 is 0 Å². The maximum atomic E-state index is 14.4. The standard InChI is InChI=1S/C27H20FN/c1-2-3-4-21-5-7-23(8-6-21)15-17-26-18-16-24(19-27(26)28)12-9-22-10-13-25(20-29)14-11-22/h5-8,10-11,13-14,16,18-19H,2-4H2,1H3. The summed E-state index contributed by atoms with van der Waals surface area (Å²) in [5, 5.41) is 8.81. The van der Waals surface area contributed by atoms with Crippen LogP contribution >= 0.6 is 0 Å². The minimum atomic E-state index is -0.385. The zero-order valence-electron chi connectivity index (χ0n) is 16.3. The Morgan fingerprint density at radius 2 is 1.28 bits per heavy atom. The van der Waals surface area contributed by atoms with E-state index < -0.39 is 0 Å². The van der Waals surface area contributed by atoms with E-state index in [1.807, 2.05) is 12.1 Å². The summed E-state index contributed by atoms with van der Waals surface area (Å²) < 4.78 is 14.4. The van der Waals surface area contributed by atoms with Crippen molar-refractivity contribution in [2.75, 3.05) is 0 Å². The van der Waals surface area contributed by atoms with Crippen LogP contribution in [0.5, 0.6) is 0 Å². The smallest absolute Gasteiger partial charge is 0.140 e. The molecule has 0 radical (unpaired) electrons. The van der Waals surface area contributed by atoms with Gasteiger partial charge in [0.25, 0.3) is 0 Å². The minimum absolute atomic E-state index is 0.351. The van der Waals surface area contributed by atoms with E-state index in [2.05, 4.69) is 48.8 Å². The van der Waals surface area contributed by atoms with E-state index >= 15 is 0 Å². The van der Waals surface area contributed by atoms with Crippen molar-refractivity contribution in [1.29, 1.82) is 5.26 Å². The van der Waals surface area contributed by atoms with E-state index in [1.54, 1.807) is 36.4 Å². The fraction of sp³-hybridized carbons (Fsp3) is 0.148. The fourth-order valence-electron chi connectivity index (χ4n) is 2.74. The molecule has 0 unspecified atom stereocenters. The number of rotatable bonds is 3.